The number of carbonyl (C=O) groups excluding carboxylic acids is 1. The van der Waals surface area contributed by atoms with Crippen LogP contribution in [0.5, 0.6) is 5.75 Å². The second-order valence-electron chi connectivity index (χ2n) is 5.17. The molecular formula is C17H18ClNO3. The van der Waals surface area contributed by atoms with Gasteiger partial charge in [-0.25, -0.2) is 0 Å². The zero-order valence-corrected chi connectivity index (χ0v) is 13.2. The number of amides is 1. The van der Waals surface area contributed by atoms with E-state index < -0.39 is 5.60 Å². The Kier molecular flexibility index (Phi) is 5.06. The Morgan fingerprint density at radius 1 is 1.27 bits per heavy atom. The second kappa shape index (κ2) is 6.81. The van der Waals surface area contributed by atoms with Crippen LogP contribution in [-0.4, -0.2) is 24.7 Å². The van der Waals surface area contributed by atoms with Crippen LogP contribution in [0.1, 0.15) is 22.8 Å². The second-order valence-corrected chi connectivity index (χ2v) is 5.60. The molecule has 0 aromatic heterocycles. The maximum Gasteiger partial charge on any atom is 0.255 e. The van der Waals surface area contributed by atoms with Crippen LogP contribution in [-0.2, 0) is 5.60 Å². The molecule has 1 unspecified atom stereocenters. The fraction of sp³-hybridized carbons (Fsp3) is 0.235. The highest BCUT2D eigenvalue weighted by atomic mass is 35.5. The minimum absolute atomic E-state index is 0.0849. The van der Waals surface area contributed by atoms with Gasteiger partial charge in [-0.15, -0.1) is 0 Å². The van der Waals surface area contributed by atoms with Crippen molar-refractivity contribution in [3.05, 3.63) is 64.7 Å². The zero-order valence-electron chi connectivity index (χ0n) is 12.5. The molecule has 2 rings (SSSR count). The lowest BCUT2D eigenvalue weighted by molar-refractivity contribution is 0.0525. The first-order chi connectivity index (χ1) is 10.4. The van der Waals surface area contributed by atoms with E-state index in [2.05, 4.69) is 5.32 Å². The molecule has 116 valence electrons. The molecule has 22 heavy (non-hydrogen) atoms. The summed E-state index contributed by atoms with van der Waals surface area (Å²) in [6.07, 6.45) is 0. The summed E-state index contributed by atoms with van der Waals surface area (Å²) >= 11 is 5.88. The minimum atomic E-state index is -1.16. The van der Waals surface area contributed by atoms with Gasteiger partial charge >= 0.3 is 0 Å². The number of ether oxygens (including phenoxy) is 1. The predicted molar refractivity (Wildman–Crippen MR) is 86.4 cm³/mol. The van der Waals surface area contributed by atoms with Gasteiger partial charge < -0.3 is 15.2 Å². The largest absolute Gasteiger partial charge is 0.496 e. The van der Waals surface area contributed by atoms with Gasteiger partial charge in [0.25, 0.3) is 5.91 Å². The van der Waals surface area contributed by atoms with Gasteiger partial charge in [0.05, 0.1) is 19.2 Å². The molecule has 0 saturated heterocycles. The van der Waals surface area contributed by atoms with Crippen molar-refractivity contribution in [2.75, 3.05) is 13.7 Å². The Morgan fingerprint density at radius 2 is 1.95 bits per heavy atom. The summed E-state index contributed by atoms with van der Waals surface area (Å²) in [5, 5.41) is 13.7. The van der Waals surface area contributed by atoms with Crippen LogP contribution < -0.4 is 10.1 Å². The summed E-state index contributed by atoms with van der Waals surface area (Å²) in [5.41, 5.74) is -0.0505. The van der Waals surface area contributed by atoms with Crippen molar-refractivity contribution in [1.29, 1.82) is 0 Å². The highest BCUT2D eigenvalue weighted by molar-refractivity contribution is 6.30. The molecular weight excluding hydrogens is 302 g/mol. The van der Waals surface area contributed by atoms with Crippen LogP contribution >= 0.6 is 11.6 Å². The maximum atomic E-state index is 12.3. The van der Waals surface area contributed by atoms with E-state index in [9.17, 15) is 9.90 Å². The first-order valence-electron chi connectivity index (χ1n) is 6.83. The maximum absolute atomic E-state index is 12.3. The van der Waals surface area contributed by atoms with Crippen molar-refractivity contribution in [2.45, 2.75) is 12.5 Å². The fourth-order valence-electron chi connectivity index (χ4n) is 2.10. The number of halogens is 1. The van der Waals surface area contributed by atoms with Crippen LogP contribution in [0.25, 0.3) is 0 Å². The molecule has 0 bridgehead atoms. The summed E-state index contributed by atoms with van der Waals surface area (Å²) in [6, 6.07) is 14.0. The van der Waals surface area contributed by atoms with Crippen LogP contribution in [0.2, 0.25) is 5.02 Å². The lowest BCUT2D eigenvalue weighted by Gasteiger charge is -2.24. The summed E-state index contributed by atoms with van der Waals surface area (Å²) in [6.45, 7) is 1.74. The highest BCUT2D eigenvalue weighted by Gasteiger charge is 2.24. The van der Waals surface area contributed by atoms with Gasteiger partial charge in [0, 0.05) is 5.02 Å². The average Bonchev–Trinajstić information content (AvgIpc) is 2.53. The standard InChI is InChI=1S/C17H18ClNO3/c1-17(21,12-6-4-3-5-7-12)11-19-16(20)14-9-8-13(18)10-15(14)22-2/h3-10,21H,11H2,1-2H3,(H,19,20). The molecule has 0 spiro atoms. The lowest BCUT2D eigenvalue weighted by Crippen LogP contribution is -2.38. The van der Waals surface area contributed by atoms with Crippen molar-refractivity contribution in [1.82, 2.24) is 5.32 Å². The van der Waals surface area contributed by atoms with E-state index in [0.29, 0.717) is 16.3 Å². The monoisotopic (exact) mass is 319 g/mol. The molecule has 0 aliphatic carbocycles. The number of rotatable bonds is 5. The quantitative estimate of drug-likeness (QED) is 0.890. The molecule has 2 N–H and O–H groups in total. The summed E-state index contributed by atoms with van der Waals surface area (Å²) < 4.78 is 5.16. The zero-order chi connectivity index (χ0) is 16.2. The molecule has 5 heteroatoms. The normalized spacial score (nSPS) is 13.3. The van der Waals surface area contributed by atoms with Gasteiger partial charge in [-0.1, -0.05) is 41.9 Å². The van der Waals surface area contributed by atoms with Crippen LogP contribution in [0.4, 0.5) is 0 Å². The predicted octanol–water partition coefficient (Wildman–Crippen LogP) is 2.99. The van der Waals surface area contributed by atoms with E-state index in [4.69, 9.17) is 16.3 Å². The molecule has 1 atom stereocenters. The van der Waals surface area contributed by atoms with Crippen molar-refractivity contribution in [3.63, 3.8) is 0 Å². The molecule has 0 radical (unpaired) electrons. The SMILES string of the molecule is COc1cc(Cl)ccc1C(=O)NCC(C)(O)c1ccccc1. The first-order valence-corrected chi connectivity index (χ1v) is 7.21. The minimum Gasteiger partial charge on any atom is -0.496 e. The number of carbonyl (C=O) groups is 1. The van der Waals surface area contributed by atoms with E-state index >= 15 is 0 Å². The molecule has 0 fully saturated rings. The Morgan fingerprint density at radius 3 is 2.59 bits per heavy atom. The van der Waals surface area contributed by atoms with Gasteiger partial charge in [0.1, 0.15) is 11.4 Å². The molecule has 1 amide bonds. The molecule has 4 nitrogen and oxygen atoms in total. The number of nitrogens with one attached hydrogen (secondary N) is 1. The first kappa shape index (κ1) is 16.3. The fourth-order valence-corrected chi connectivity index (χ4v) is 2.26. The van der Waals surface area contributed by atoms with Crippen molar-refractivity contribution in [3.8, 4) is 5.75 Å². The lowest BCUT2D eigenvalue weighted by atomic mass is 9.96. The van der Waals surface area contributed by atoms with Crippen LogP contribution in [0.3, 0.4) is 0 Å². The molecule has 0 saturated carbocycles. The van der Waals surface area contributed by atoms with Gasteiger partial charge in [-0.05, 0) is 30.7 Å². The molecule has 2 aromatic carbocycles. The molecule has 2 aromatic rings. The molecule has 0 aliphatic heterocycles. The number of methoxy groups -OCH3 is 1. The van der Waals surface area contributed by atoms with Gasteiger partial charge in [-0.2, -0.15) is 0 Å². The van der Waals surface area contributed by atoms with E-state index in [1.807, 2.05) is 30.3 Å². The van der Waals surface area contributed by atoms with Crippen molar-refractivity contribution >= 4 is 17.5 Å². The number of hydrogen-bond acceptors (Lipinski definition) is 3. The average molecular weight is 320 g/mol. The Balaban J connectivity index is 2.10. The topological polar surface area (TPSA) is 58.6 Å². The van der Waals surface area contributed by atoms with E-state index in [1.165, 1.54) is 7.11 Å². The summed E-state index contributed by atoms with van der Waals surface area (Å²) in [4.78, 5) is 12.3. The van der Waals surface area contributed by atoms with Crippen molar-refractivity contribution < 1.29 is 14.6 Å². The van der Waals surface area contributed by atoms with Gasteiger partial charge in [-0.3, -0.25) is 4.79 Å². The Bertz CT molecular complexity index is 656. The summed E-state index contributed by atoms with van der Waals surface area (Å²) in [5.74, 6) is 0.0640. The van der Waals surface area contributed by atoms with E-state index in [0.717, 1.165) is 5.56 Å². The Hall–Kier alpha value is -2.04. The van der Waals surface area contributed by atoms with Crippen LogP contribution in [0.15, 0.2) is 48.5 Å². The summed E-state index contributed by atoms with van der Waals surface area (Å²) in [7, 11) is 1.47. The smallest absolute Gasteiger partial charge is 0.255 e. The van der Waals surface area contributed by atoms with E-state index in [-0.39, 0.29) is 12.5 Å². The van der Waals surface area contributed by atoms with Crippen LogP contribution in [0, 0.1) is 0 Å². The molecule has 0 aliphatic rings. The number of aliphatic hydroxyl groups is 1. The van der Waals surface area contributed by atoms with Gasteiger partial charge in [0.15, 0.2) is 0 Å². The third-order valence-electron chi connectivity index (χ3n) is 3.40. The number of benzene rings is 2. The Labute approximate surface area is 134 Å². The highest BCUT2D eigenvalue weighted by Crippen LogP contribution is 2.24. The number of hydrogen-bond donors (Lipinski definition) is 2. The third kappa shape index (κ3) is 3.78. The van der Waals surface area contributed by atoms with Gasteiger partial charge in [0.2, 0.25) is 0 Å². The van der Waals surface area contributed by atoms with Crippen molar-refractivity contribution in [2.24, 2.45) is 0 Å². The third-order valence-corrected chi connectivity index (χ3v) is 3.63. The van der Waals surface area contributed by atoms with E-state index in [1.54, 1.807) is 25.1 Å². The molecule has 0 heterocycles.